The molecule has 2 aromatic rings. The average Bonchev–Trinajstić information content (AvgIpc) is 2.33. The van der Waals surface area contributed by atoms with Crippen molar-refractivity contribution >= 4 is 12.9 Å². The van der Waals surface area contributed by atoms with Crippen LogP contribution in [-0.4, -0.2) is 4.55 Å². The minimum absolute atomic E-state index is 0. The van der Waals surface area contributed by atoms with Crippen LogP contribution in [0.5, 0.6) is 0 Å². The Bertz CT molecular complexity index is 409. The number of hydrogen-bond acceptors (Lipinski definition) is 2. The van der Waals surface area contributed by atoms with Crippen LogP contribution in [0.25, 0.3) is 11.1 Å². The summed E-state index contributed by atoms with van der Waals surface area (Å²) in [5, 5.41) is 0. The summed E-state index contributed by atoms with van der Waals surface area (Å²) in [4.78, 5) is 0. The quantitative estimate of drug-likeness (QED) is 0.437. The molecule has 0 aliphatic rings. The molecule has 0 amide bonds. The van der Waals surface area contributed by atoms with Gasteiger partial charge >= 0.3 is 29.6 Å². The molecule has 0 fully saturated rings. The summed E-state index contributed by atoms with van der Waals surface area (Å²) in [6.07, 6.45) is 0. The Morgan fingerprint density at radius 2 is 1.38 bits per heavy atom. The Morgan fingerprint density at radius 1 is 0.875 bits per heavy atom. The molecule has 0 heterocycles. The van der Waals surface area contributed by atoms with E-state index in [9.17, 15) is 0 Å². The van der Waals surface area contributed by atoms with Gasteiger partial charge in [-0.1, -0.05) is 54.6 Å². The molecule has 0 spiro atoms. The predicted octanol–water partition coefficient (Wildman–Crippen LogP) is 1.17. The maximum absolute atomic E-state index is 6.69. The van der Waals surface area contributed by atoms with E-state index in [1.54, 1.807) is 0 Å². The third kappa shape index (κ3) is 4.32. The Labute approximate surface area is 126 Å². The summed E-state index contributed by atoms with van der Waals surface area (Å²) in [5.74, 6) is 0. The zero-order valence-corrected chi connectivity index (χ0v) is 12.5. The van der Waals surface area contributed by atoms with Gasteiger partial charge in [-0.15, -0.1) is 0 Å². The zero-order valence-electron chi connectivity index (χ0n) is 10.6. The normalized spacial score (nSPS) is 8.44. The fourth-order valence-corrected chi connectivity index (χ4v) is 1.51. The Hall–Kier alpha value is -0.250. The van der Waals surface area contributed by atoms with Crippen LogP contribution in [-0.2, 0) is 0 Å². The van der Waals surface area contributed by atoms with E-state index >= 15 is 0 Å². The van der Waals surface area contributed by atoms with E-state index in [1.165, 1.54) is 16.7 Å². The van der Waals surface area contributed by atoms with Gasteiger partial charge in [0.25, 0.3) is 0 Å². The molecule has 1 N–H and O–H groups in total. The second kappa shape index (κ2) is 8.85. The summed E-state index contributed by atoms with van der Waals surface area (Å²) >= 11 is 2.53. The molecule has 0 aliphatic heterocycles. The summed E-state index contributed by atoms with van der Waals surface area (Å²) in [5.41, 5.74) is 3.94. The van der Waals surface area contributed by atoms with Crippen LogP contribution in [0.15, 0.2) is 54.6 Å². The number of aryl methyl sites for hydroxylation is 1. The summed E-state index contributed by atoms with van der Waals surface area (Å²) in [7, 11) is 0. The molecule has 2 rings (SSSR count). The van der Waals surface area contributed by atoms with Crippen molar-refractivity contribution in [2.75, 3.05) is 0 Å². The van der Waals surface area contributed by atoms with Crippen LogP contribution in [0.2, 0.25) is 0 Å². The van der Waals surface area contributed by atoms with E-state index in [1.807, 2.05) is 6.07 Å². The van der Waals surface area contributed by atoms with Crippen molar-refractivity contribution in [2.24, 2.45) is 0 Å². The first-order valence-electron chi connectivity index (χ1n) is 4.69. The van der Waals surface area contributed by atoms with Gasteiger partial charge in [-0.3, -0.25) is 0 Å². The Kier molecular flexibility index (Phi) is 8.71. The zero-order chi connectivity index (χ0) is 11.1. The third-order valence-corrected chi connectivity index (χ3v) is 2.23. The molecule has 0 atom stereocenters. The van der Waals surface area contributed by atoms with Gasteiger partial charge < -0.3 is 5.98 Å². The van der Waals surface area contributed by atoms with Gasteiger partial charge in [0, 0.05) is 0 Å². The van der Waals surface area contributed by atoms with E-state index in [-0.39, 0.29) is 31.0 Å². The van der Waals surface area contributed by atoms with E-state index in [4.69, 9.17) is 4.55 Å². The van der Waals surface area contributed by atoms with Gasteiger partial charge in [-0.25, -0.2) is 0 Å². The van der Waals surface area contributed by atoms with Gasteiger partial charge in [0.1, 0.15) is 0 Å². The van der Waals surface area contributed by atoms with Crippen molar-refractivity contribution in [3.63, 3.8) is 0 Å². The number of rotatable bonds is 1. The fourth-order valence-electron chi connectivity index (χ4n) is 1.51. The molecule has 0 aliphatic carbocycles. The molecule has 80 valence electrons. The van der Waals surface area contributed by atoms with E-state index < -0.39 is 0 Å². The molecule has 2 aromatic carbocycles. The average molecular weight is 242 g/mol. The van der Waals surface area contributed by atoms with Crippen LogP contribution < -0.4 is 29.6 Å². The topological polar surface area (TPSA) is 20.2 Å². The molecule has 3 heteroatoms. The van der Waals surface area contributed by atoms with Crippen LogP contribution >= 0.6 is 12.9 Å². The SMILES string of the molecule is Cc1ccccc1-c1ccccc1.OS.[H-].[Na+]. The Morgan fingerprint density at radius 3 is 1.94 bits per heavy atom. The van der Waals surface area contributed by atoms with Gasteiger partial charge in [-0.05, 0) is 36.5 Å². The minimum atomic E-state index is 0. The molecule has 0 saturated carbocycles. The maximum atomic E-state index is 6.69. The smallest absolute Gasteiger partial charge is 1.00 e. The second-order valence-electron chi connectivity index (χ2n) is 3.18. The first-order chi connectivity index (χ1) is 7.38. The van der Waals surface area contributed by atoms with Crippen LogP contribution in [0.4, 0.5) is 0 Å². The van der Waals surface area contributed by atoms with E-state index in [0.717, 1.165) is 0 Å². The monoisotopic (exact) mass is 242 g/mol. The first kappa shape index (κ1) is 15.8. The largest absolute Gasteiger partial charge is 1.00 e. The summed E-state index contributed by atoms with van der Waals surface area (Å²) in [6, 6.07) is 18.9. The Balaban J connectivity index is 0. The molecule has 0 unspecified atom stereocenters. The van der Waals surface area contributed by atoms with E-state index in [0.29, 0.717) is 0 Å². The van der Waals surface area contributed by atoms with Gasteiger partial charge in [0.15, 0.2) is 0 Å². The van der Waals surface area contributed by atoms with Crippen molar-refractivity contribution in [3.05, 3.63) is 60.2 Å². The molecular formula is C13H15NaOS. The molecule has 0 saturated heterocycles. The standard InChI is InChI=1S/C13H12.Na.H2OS.H/c1-11-7-5-6-10-13(11)12-8-3-2-4-9-12;;1-2;/h2-10H,1H3;;1-2H;/q;+1;;-1. The van der Waals surface area contributed by atoms with Crippen LogP contribution in [0, 0.1) is 6.92 Å². The molecule has 0 radical (unpaired) electrons. The summed E-state index contributed by atoms with van der Waals surface area (Å²) < 4.78 is 6.69. The number of benzene rings is 2. The molecular weight excluding hydrogens is 227 g/mol. The van der Waals surface area contributed by atoms with Crippen molar-refractivity contribution < 1.29 is 35.5 Å². The molecule has 16 heavy (non-hydrogen) atoms. The van der Waals surface area contributed by atoms with Crippen LogP contribution in [0.3, 0.4) is 0 Å². The second-order valence-corrected chi connectivity index (χ2v) is 3.18. The van der Waals surface area contributed by atoms with Crippen LogP contribution in [0.1, 0.15) is 6.99 Å². The molecule has 0 aromatic heterocycles. The van der Waals surface area contributed by atoms with Crippen molar-refractivity contribution in [1.82, 2.24) is 0 Å². The first-order valence-corrected chi connectivity index (χ1v) is 5.09. The van der Waals surface area contributed by atoms with Gasteiger partial charge in [-0.2, -0.15) is 0 Å². The maximum Gasteiger partial charge on any atom is 1.00 e. The molecule has 1 nitrogen and oxygen atoms in total. The fraction of sp³-hybridized carbons (Fsp3) is 0.0769. The van der Waals surface area contributed by atoms with Crippen molar-refractivity contribution in [1.29, 1.82) is 0 Å². The van der Waals surface area contributed by atoms with E-state index in [2.05, 4.69) is 68.4 Å². The summed E-state index contributed by atoms with van der Waals surface area (Å²) in [6.45, 7) is 2.14. The molecule has 0 bridgehead atoms. The minimum Gasteiger partial charge on any atom is -1.00 e. The van der Waals surface area contributed by atoms with Gasteiger partial charge in [0.05, 0.1) is 0 Å². The number of thiol groups is 1. The predicted molar refractivity (Wildman–Crippen MR) is 69.3 cm³/mol. The third-order valence-electron chi connectivity index (χ3n) is 2.23. The van der Waals surface area contributed by atoms with Crippen molar-refractivity contribution in [3.8, 4) is 11.1 Å². The number of hydrogen-bond donors (Lipinski definition) is 2. The van der Waals surface area contributed by atoms with Gasteiger partial charge in [0.2, 0.25) is 0 Å². The van der Waals surface area contributed by atoms with Crippen molar-refractivity contribution in [2.45, 2.75) is 6.92 Å².